The fourth-order valence-corrected chi connectivity index (χ4v) is 2.94. The zero-order valence-electron chi connectivity index (χ0n) is 11.1. The van der Waals surface area contributed by atoms with E-state index in [1.807, 2.05) is 0 Å². The van der Waals surface area contributed by atoms with Crippen molar-refractivity contribution in [2.45, 2.75) is 9.79 Å². The molecule has 1 aliphatic rings. The molecule has 0 aromatic heterocycles. The highest BCUT2D eigenvalue weighted by molar-refractivity contribution is 7.99. The van der Waals surface area contributed by atoms with Crippen molar-refractivity contribution in [1.82, 2.24) is 0 Å². The maximum Gasteiger partial charge on any atom is 0.225 e. The number of carbonyl (C=O) groups excluding carboxylic acids is 4. The van der Waals surface area contributed by atoms with Crippen LogP contribution in [0.15, 0.2) is 46.2 Å². The summed E-state index contributed by atoms with van der Waals surface area (Å²) in [6.45, 7) is 0. The summed E-state index contributed by atoms with van der Waals surface area (Å²) in [6.07, 6.45) is 0.485. The lowest BCUT2D eigenvalue weighted by atomic mass is 10.1. The predicted molar refractivity (Wildman–Crippen MR) is 77.9 cm³/mol. The maximum absolute atomic E-state index is 11.4. The average Bonchev–Trinajstić information content (AvgIpc) is 2.57. The number of Topliss-reactive ketones (excluding diaryl/α,β-unsaturated/α-hetero) is 2. The Kier molecular flexibility index (Phi) is 3.60. The molecule has 0 unspecified atom stereocenters. The zero-order valence-corrected chi connectivity index (χ0v) is 11.9. The fourth-order valence-electron chi connectivity index (χ4n) is 2.02. The van der Waals surface area contributed by atoms with Crippen LogP contribution in [0.25, 0.3) is 0 Å². The molecule has 0 spiro atoms. The SMILES string of the molecule is O=CC(=O)c1ccc2c(c1)Oc1cc(C(=O)C=O)ccc1S2. The molecular weight excluding hydrogens is 304 g/mol. The first-order valence-corrected chi connectivity index (χ1v) is 7.07. The van der Waals surface area contributed by atoms with Gasteiger partial charge in [-0.1, -0.05) is 11.8 Å². The number of carbonyl (C=O) groups is 4. The first-order valence-electron chi connectivity index (χ1n) is 6.25. The standard InChI is InChI=1S/C16H8O5S/c17-7-11(19)9-1-3-15-13(5-9)21-14-6-10(12(20)8-18)2-4-16(14)22-15/h1-8H. The summed E-state index contributed by atoms with van der Waals surface area (Å²) in [5.74, 6) is -0.402. The Hall–Kier alpha value is -2.73. The molecule has 3 rings (SSSR count). The van der Waals surface area contributed by atoms with Crippen molar-refractivity contribution in [2.24, 2.45) is 0 Å². The van der Waals surface area contributed by atoms with Gasteiger partial charge < -0.3 is 4.74 Å². The van der Waals surface area contributed by atoms with Crippen molar-refractivity contribution in [3.05, 3.63) is 47.5 Å². The van der Waals surface area contributed by atoms with Crippen molar-refractivity contribution < 1.29 is 23.9 Å². The first kappa shape index (κ1) is 14.2. The highest BCUT2D eigenvalue weighted by atomic mass is 32.2. The molecule has 0 N–H and O–H groups in total. The Morgan fingerprint density at radius 1 is 0.818 bits per heavy atom. The Labute approximate surface area is 129 Å². The van der Waals surface area contributed by atoms with Crippen molar-refractivity contribution in [1.29, 1.82) is 0 Å². The number of hydrogen-bond acceptors (Lipinski definition) is 6. The van der Waals surface area contributed by atoms with Crippen LogP contribution in [0.2, 0.25) is 0 Å². The number of hydrogen-bond donors (Lipinski definition) is 0. The number of ketones is 2. The Bertz CT molecular complexity index is 758. The summed E-state index contributed by atoms with van der Waals surface area (Å²) in [7, 11) is 0. The second-order valence-electron chi connectivity index (χ2n) is 4.49. The largest absolute Gasteiger partial charge is 0.455 e. The summed E-state index contributed by atoms with van der Waals surface area (Å²) >= 11 is 1.41. The highest BCUT2D eigenvalue weighted by Crippen LogP contribution is 2.47. The molecule has 0 amide bonds. The summed E-state index contributed by atoms with van der Waals surface area (Å²) in [5.41, 5.74) is 0.468. The van der Waals surface area contributed by atoms with Gasteiger partial charge in [-0.15, -0.1) is 0 Å². The number of ether oxygens (including phenoxy) is 1. The van der Waals surface area contributed by atoms with Gasteiger partial charge in [0, 0.05) is 11.1 Å². The summed E-state index contributed by atoms with van der Waals surface area (Å²) in [5, 5.41) is 0. The third-order valence-electron chi connectivity index (χ3n) is 3.11. The minimum Gasteiger partial charge on any atom is -0.455 e. The van der Waals surface area contributed by atoms with E-state index in [4.69, 9.17) is 4.74 Å². The molecule has 0 radical (unpaired) electrons. The molecule has 0 atom stereocenters. The van der Waals surface area contributed by atoms with E-state index in [0.717, 1.165) is 9.79 Å². The number of aldehydes is 2. The number of rotatable bonds is 4. The topological polar surface area (TPSA) is 77.5 Å². The van der Waals surface area contributed by atoms with Gasteiger partial charge in [-0.2, -0.15) is 0 Å². The molecule has 0 aliphatic carbocycles. The van der Waals surface area contributed by atoms with Crippen molar-refractivity contribution >= 4 is 35.9 Å². The van der Waals surface area contributed by atoms with Gasteiger partial charge in [-0.05, 0) is 36.4 Å². The molecule has 0 fully saturated rings. The van der Waals surface area contributed by atoms with Gasteiger partial charge in [0.25, 0.3) is 0 Å². The van der Waals surface area contributed by atoms with Gasteiger partial charge in [0.2, 0.25) is 11.6 Å². The van der Waals surface area contributed by atoms with E-state index in [0.29, 0.717) is 11.5 Å². The van der Waals surface area contributed by atoms with Gasteiger partial charge in [0.1, 0.15) is 11.5 Å². The molecule has 2 aromatic rings. The summed E-state index contributed by atoms with van der Waals surface area (Å²) in [4.78, 5) is 45.5. The monoisotopic (exact) mass is 312 g/mol. The van der Waals surface area contributed by atoms with Crippen LogP contribution in [-0.4, -0.2) is 24.1 Å². The smallest absolute Gasteiger partial charge is 0.225 e. The minimum absolute atomic E-state index is 0.234. The fraction of sp³-hybridized carbons (Fsp3) is 0. The molecule has 5 nitrogen and oxygen atoms in total. The third kappa shape index (κ3) is 2.44. The average molecular weight is 312 g/mol. The van der Waals surface area contributed by atoms with Crippen molar-refractivity contribution in [3.8, 4) is 11.5 Å². The summed E-state index contributed by atoms with van der Waals surface area (Å²) in [6, 6.07) is 9.48. The highest BCUT2D eigenvalue weighted by Gasteiger charge is 2.20. The molecule has 108 valence electrons. The minimum atomic E-state index is -0.632. The molecule has 1 heterocycles. The van der Waals surface area contributed by atoms with Crippen molar-refractivity contribution in [3.63, 3.8) is 0 Å². The Morgan fingerprint density at radius 2 is 1.27 bits per heavy atom. The van der Waals surface area contributed by atoms with E-state index in [9.17, 15) is 19.2 Å². The lowest BCUT2D eigenvalue weighted by Crippen LogP contribution is -2.04. The van der Waals surface area contributed by atoms with Gasteiger partial charge in [-0.3, -0.25) is 19.2 Å². The van der Waals surface area contributed by atoms with Crippen LogP contribution in [0.5, 0.6) is 11.5 Å². The molecular formula is C16H8O5S. The molecule has 0 saturated carbocycles. The van der Waals surface area contributed by atoms with Gasteiger partial charge in [-0.25, -0.2) is 0 Å². The molecule has 6 heteroatoms. The molecule has 0 saturated heterocycles. The van der Waals surface area contributed by atoms with Gasteiger partial charge >= 0.3 is 0 Å². The van der Waals surface area contributed by atoms with Gasteiger partial charge in [0.15, 0.2) is 12.6 Å². The van der Waals surface area contributed by atoms with E-state index in [1.54, 1.807) is 24.3 Å². The van der Waals surface area contributed by atoms with E-state index < -0.39 is 11.6 Å². The molecule has 2 aromatic carbocycles. The van der Waals surface area contributed by atoms with Crippen LogP contribution in [0.3, 0.4) is 0 Å². The Balaban J connectivity index is 2.00. The van der Waals surface area contributed by atoms with E-state index in [-0.39, 0.29) is 23.7 Å². The quantitative estimate of drug-likeness (QED) is 0.419. The lowest BCUT2D eigenvalue weighted by molar-refractivity contribution is -0.105. The molecule has 22 heavy (non-hydrogen) atoms. The number of fused-ring (bicyclic) bond motifs is 2. The number of benzene rings is 2. The maximum atomic E-state index is 11.4. The second-order valence-corrected chi connectivity index (χ2v) is 5.58. The second kappa shape index (κ2) is 5.57. The Morgan fingerprint density at radius 3 is 1.68 bits per heavy atom. The normalized spacial score (nSPS) is 11.6. The van der Waals surface area contributed by atoms with Crippen molar-refractivity contribution in [2.75, 3.05) is 0 Å². The van der Waals surface area contributed by atoms with Crippen LogP contribution < -0.4 is 4.74 Å². The third-order valence-corrected chi connectivity index (χ3v) is 4.22. The van der Waals surface area contributed by atoms with Crippen LogP contribution in [0.1, 0.15) is 20.7 Å². The van der Waals surface area contributed by atoms with E-state index in [2.05, 4.69) is 0 Å². The first-order chi connectivity index (χ1) is 10.6. The zero-order chi connectivity index (χ0) is 15.7. The van der Waals surface area contributed by atoms with Crippen LogP contribution in [0, 0.1) is 0 Å². The molecule has 1 aliphatic heterocycles. The van der Waals surface area contributed by atoms with Crippen LogP contribution in [-0.2, 0) is 9.59 Å². The van der Waals surface area contributed by atoms with Gasteiger partial charge in [0.05, 0.1) is 9.79 Å². The predicted octanol–water partition coefficient (Wildman–Crippen LogP) is 2.71. The lowest BCUT2D eigenvalue weighted by Gasteiger charge is -2.20. The van der Waals surface area contributed by atoms with E-state index in [1.165, 1.54) is 23.9 Å². The van der Waals surface area contributed by atoms with Crippen LogP contribution >= 0.6 is 11.8 Å². The van der Waals surface area contributed by atoms with E-state index >= 15 is 0 Å². The van der Waals surface area contributed by atoms with Crippen LogP contribution in [0.4, 0.5) is 0 Å². The molecule has 0 bridgehead atoms. The summed E-state index contributed by atoms with van der Waals surface area (Å²) < 4.78 is 5.69.